The van der Waals surface area contributed by atoms with E-state index in [1.807, 2.05) is 13.0 Å². The van der Waals surface area contributed by atoms with Gasteiger partial charge in [-0.25, -0.2) is 5.43 Å². The third kappa shape index (κ3) is 4.17. The zero-order chi connectivity index (χ0) is 17.5. The van der Waals surface area contributed by atoms with Crippen LogP contribution >= 0.6 is 12.2 Å². The maximum atomic E-state index is 12.0. The molecule has 0 aliphatic carbocycles. The van der Waals surface area contributed by atoms with Gasteiger partial charge in [-0.2, -0.15) is 5.10 Å². The molecule has 0 aliphatic rings. The van der Waals surface area contributed by atoms with Crippen LogP contribution in [0.25, 0.3) is 5.69 Å². The largest absolute Gasteiger partial charge is 0.494 e. The summed E-state index contributed by atoms with van der Waals surface area (Å²) in [4.78, 5) is 26.0. The molecule has 3 N–H and O–H groups in total. The summed E-state index contributed by atoms with van der Waals surface area (Å²) in [5.41, 5.74) is 2.24. The van der Waals surface area contributed by atoms with Gasteiger partial charge in [0.05, 0.1) is 11.9 Å². The van der Waals surface area contributed by atoms with Crippen molar-refractivity contribution in [1.82, 2.24) is 15.0 Å². The lowest BCUT2D eigenvalue weighted by molar-refractivity contribution is -0.121. The minimum absolute atomic E-state index is 0.0628. The van der Waals surface area contributed by atoms with E-state index < -0.39 is 5.56 Å². The molecule has 0 saturated heterocycles. The number of carbonyl (C=O) groups excluding carboxylic acids is 1. The van der Waals surface area contributed by atoms with Crippen LogP contribution < -0.4 is 11.0 Å². The number of hydrogen-bond donors (Lipinski definition) is 3. The number of H-pyrrole nitrogens is 1. The molecule has 126 valence electrons. The number of nitrogens with zero attached hydrogens (tertiary/aromatic N) is 2. The Morgan fingerprint density at radius 2 is 2.12 bits per heavy atom. The number of aromatic nitrogens is 2. The van der Waals surface area contributed by atoms with E-state index in [0.29, 0.717) is 12.1 Å². The molecule has 0 radical (unpaired) electrons. The van der Waals surface area contributed by atoms with Gasteiger partial charge in [0.2, 0.25) is 11.8 Å². The molecular weight excluding hydrogens is 328 g/mol. The first-order valence-corrected chi connectivity index (χ1v) is 7.91. The molecule has 1 aromatic heterocycles. The zero-order valence-corrected chi connectivity index (χ0v) is 14.0. The molecule has 0 bridgehead atoms. The first kappa shape index (κ1) is 17.6. The molecule has 0 atom stereocenters. The summed E-state index contributed by atoms with van der Waals surface area (Å²) in [7, 11) is 0. The Morgan fingerprint density at radius 3 is 2.79 bits per heavy atom. The van der Waals surface area contributed by atoms with Gasteiger partial charge in [-0.05, 0) is 30.8 Å². The topological polar surface area (TPSA) is 99.5 Å². The maximum Gasteiger partial charge on any atom is 0.264 e. The van der Waals surface area contributed by atoms with E-state index in [1.165, 1.54) is 4.57 Å². The minimum Gasteiger partial charge on any atom is -0.494 e. The highest BCUT2D eigenvalue weighted by atomic mass is 32.1. The van der Waals surface area contributed by atoms with E-state index in [4.69, 9.17) is 12.2 Å². The number of unbranched alkanes of at least 4 members (excludes halogenated alkanes) is 1. The Kier molecular flexibility index (Phi) is 6.02. The maximum absolute atomic E-state index is 12.0. The Labute approximate surface area is 143 Å². The Balaban J connectivity index is 2.33. The number of carbonyl (C=O) groups is 1. The van der Waals surface area contributed by atoms with Crippen LogP contribution in [0.2, 0.25) is 0 Å². The normalized spacial score (nSPS) is 10.9. The molecule has 8 heteroatoms. The predicted octanol–water partition coefficient (Wildman–Crippen LogP) is 2.24. The number of benzene rings is 1. The van der Waals surface area contributed by atoms with Crippen molar-refractivity contribution < 1.29 is 9.90 Å². The van der Waals surface area contributed by atoms with Crippen LogP contribution in [0.15, 0.2) is 40.2 Å². The number of aromatic amines is 1. The van der Waals surface area contributed by atoms with Gasteiger partial charge in [0.15, 0.2) is 4.77 Å². The summed E-state index contributed by atoms with van der Waals surface area (Å²) in [6.07, 6.45) is 3.11. The average molecular weight is 346 g/mol. The van der Waals surface area contributed by atoms with Crippen molar-refractivity contribution in [2.75, 3.05) is 0 Å². The fourth-order valence-electron chi connectivity index (χ4n) is 2.03. The van der Waals surface area contributed by atoms with Gasteiger partial charge < -0.3 is 5.11 Å². The SMILES string of the molecule is CCCCC(=O)N/N=C/c1c(O)n(-c2ccccc2)c(=S)[nH]c1=O. The molecule has 0 fully saturated rings. The monoisotopic (exact) mass is 346 g/mol. The van der Waals surface area contributed by atoms with Crippen LogP contribution in [0.1, 0.15) is 31.7 Å². The molecule has 24 heavy (non-hydrogen) atoms. The van der Waals surface area contributed by atoms with E-state index in [9.17, 15) is 14.7 Å². The van der Waals surface area contributed by atoms with Crippen molar-refractivity contribution >= 4 is 24.3 Å². The van der Waals surface area contributed by atoms with Crippen molar-refractivity contribution in [3.05, 3.63) is 51.0 Å². The first-order chi connectivity index (χ1) is 11.5. The third-order valence-corrected chi connectivity index (χ3v) is 3.56. The number of para-hydroxylation sites is 1. The van der Waals surface area contributed by atoms with Gasteiger partial charge in [-0.1, -0.05) is 31.5 Å². The molecule has 1 heterocycles. The van der Waals surface area contributed by atoms with E-state index in [1.54, 1.807) is 24.3 Å². The van der Waals surface area contributed by atoms with Crippen molar-refractivity contribution in [2.24, 2.45) is 5.10 Å². The van der Waals surface area contributed by atoms with Gasteiger partial charge in [0.1, 0.15) is 5.56 Å². The standard InChI is InChI=1S/C16H18N4O3S/c1-2-3-9-13(21)19-17-10-12-14(22)18-16(24)20(15(12)23)11-7-5-4-6-8-11/h4-8,10,23H,2-3,9H2,1H3,(H,19,21)(H,18,22,24)/b17-10+. The second-order valence-electron chi connectivity index (χ2n) is 5.06. The van der Waals surface area contributed by atoms with Crippen molar-refractivity contribution in [2.45, 2.75) is 26.2 Å². The highest BCUT2D eigenvalue weighted by molar-refractivity contribution is 7.71. The number of hydrazone groups is 1. The van der Waals surface area contributed by atoms with E-state index >= 15 is 0 Å². The van der Waals surface area contributed by atoms with E-state index in [-0.39, 0.29) is 22.1 Å². The average Bonchev–Trinajstić information content (AvgIpc) is 2.56. The summed E-state index contributed by atoms with van der Waals surface area (Å²) in [5, 5.41) is 14.1. The molecule has 7 nitrogen and oxygen atoms in total. The van der Waals surface area contributed by atoms with Gasteiger partial charge in [-0.15, -0.1) is 0 Å². The number of hydrogen-bond acceptors (Lipinski definition) is 5. The smallest absolute Gasteiger partial charge is 0.264 e. The van der Waals surface area contributed by atoms with Crippen LogP contribution in [-0.4, -0.2) is 26.8 Å². The van der Waals surface area contributed by atoms with Crippen LogP contribution in [0.4, 0.5) is 0 Å². The highest BCUT2D eigenvalue weighted by Gasteiger charge is 2.12. The fraction of sp³-hybridized carbons (Fsp3) is 0.250. The quantitative estimate of drug-likeness (QED) is 0.424. The molecule has 0 aliphatic heterocycles. The van der Waals surface area contributed by atoms with Crippen molar-refractivity contribution in [3.63, 3.8) is 0 Å². The number of nitrogens with one attached hydrogen (secondary N) is 2. The summed E-state index contributed by atoms with van der Waals surface area (Å²) < 4.78 is 1.38. The summed E-state index contributed by atoms with van der Waals surface area (Å²) in [6.45, 7) is 1.98. The molecule has 1 amide bonds. The van der Waals surface area contributed by atoms with Crippen LogP contribution in [0, 0.1) is 4.77 Å². The summed E-state index contributed by atoms with van der Waals surface area (Å²) in [6, 6.07) is 8.86. The Bertz CT molecular complexity index is 856. The van der Waals surface area contributed by atoms with Crippen molar-refractivity contribution in [3.8, 4) is 11.6 Å². The lowest BCUT2D eigenvalue weighted by Crippen LogP contribution is -2.21. The Hall–Kier alpha value is -2.74. The first-order valence-electron chi connectivity index (χ1n) is 7.50. The third-order valence-electron chi connectivity index (χ3n) is 3.28. The number of amides is 1. The molecular formula is C16H18N4O3S. The van der Waals surface area contributed by atoms with Crippen LogP contribution in [-0.2, 0) is 4.79 Å². The van der Waals surface area contributed by atoms with Gasteiger partial charge in [-0.3, -0.25) is 19.1 Å². The van der Waals surface area contributed by atoms with Crippen LogP contribution in [0.5, 0.6) is 5.88 Å². The molecule has 0 unspecified atom stereocenters. The molecule has 0 saturated carbocycles. The van der Waals surface area contributed by atoms with Crippen LogP contribution in [0.3, 0.4) is 0 Å². The zero-order valence-electron chi connectivity index (χ0n) is 13.2. The minimum atomic E-state index is -0.587. The lowest BCUT2D eigenvalue weighted by atomic mass is 10.2. The van der Waals surface area contributed by atoms with Gasteiger partial charge in [0.25, 0.3) is 5.56 Å². The van der Waals surface area contributed by atoms with Crippen molar-refractivity contribution in [1.29, 1.82) is 0 Å². The number of rotatable bonds is 6. The summed E-state index contributed by atoms with van der Waals surface area (Å²) in [5.74, 6) is -0.596. The highest BCUT2D eigenvalue weighted by Crippen LogP contribution is 2.17. The lowest BCUT2D eigenvalue weighted by Gasteiger charge is -2.10. The van der Waals surface area contributed by atoms with E-state index in [0.717, 1.165) is 19.1 Å². The van der Waals surface area contributed by atoms with E-state index in [2.05, 4.69) is 15.5 Å². The summed E-state index contributed by atoms with van der Waals surface area (Å²) >= 11 is 5.10. The van der Waals surface area contributed by atoms with Gasteiger partial charge in [0, 0.05) is 6.42 Å². The van der Waals surface area contributed by atoms with Gasteiger partial charge >= 0.3 is 0 Å². The second-order valence-corrected chi connectivity index (χ2v) is 5.45. The molecule has 0 spiro atoms. The molecule has 2 aromatic rings. The Morgan fingerprint density at radius 1 is 1.42 bits per heavy atom. The molecule has 1 aromatic carbocycles. The predicted molar refractivity (Wildman–Crippen MR) is 94.2 cm³/mol. The molecule has 2 rings (SSSR count). The number of aromatic hydroxyl groups is 1. The fourth-order valence-corrected chi connectivity index (χ4v) is 2.32. The second kappa shape index (κ2) is 8.21.